The van der Waals surface area contributed by atoms with Crippen LogP contribution >= 0.6 is 11.6 Å². The summed E-state index contributed by atoms with van der Waals surface area (Å²) in [5.74, 6) is -1.43. The Bertz CT molecular complexity index is 1680. The number of sulfonamides is 1. The van der Waals surface area contributed by atoms with Crippen LogP contribution in [0.25, 0.3) is 0 Å². The van der Waals surface area contributed by atoms with E-state index in [9.17, 15) is 22.4 Å². The third-order valence-electron chi connectivity index (χ3n) is 7.03. The van der Waals surface area contributed by atoms with Crippen LogP contribution in [0, 0.1) is 12.7 Å². The predicted molar refractivity (Wildman–Crippen MR) is 171 cm³/mol. The molecule has 0 aliphatic carbocycles. The molecule has 2 amide bonds. The van der Waals surface area contributed by atoms with Crippen LogP contribution in [0.2, 0.25) is 5.02 Å². The van der Waals surface area contributed by atoms with Crippen molar-refractivity contribution >= 4 is 39.1 Å². The standard InChI is InChI=1S/C34H35ClFN3O4S/c1-24(2)37-34(41)32(21-26-10-5-4-6-11-26)38(22-27-13-17-29(36)18-14-27)33(40)23-39(31-12-8-7-9-25(31)3)44(42,43)30-19-15-28(35)16-20-30/h4-20,24,32H,21-23H2,1-3H3,(H,37,41)/t32-/m0/s1. The monoisotopic (exact) mass is 635 g/mol. The van der Waals surface area contributed by atoms with Crippen molar-refractivity contribution in [2.75, 3.05) is 10.8 Å². The van der Waals surface area contributed by atoms with E-state index in [1.165, 1.54) is 41.3 Å². The smallest absolute Gasteiger partial charge is 0.264 e. The van der Waals surface area contributed by atoms with E-state index in [0.29, 0.717) is 21.8 Å². The van der Waals surface area contributed by atoms with E-state index in [-0.39, 0.29) is 29.8 Å². The lowest BCUT2D eigenvalue weighted by molar-refractivity contribution is -0.140. The van der Waals surface area contributed by atoms with E-state index in [2.05, 4.69) is 5.32 Å². The van der Waals surface area contributed by atoms with Gasteiger partial charge in [0.05, 0.1) is 10.6 Å². The molecule has 1 N–H and O–H groups in total. The van der Waals surface area contributed by atoms with E-state index in [1.807, 2.05) is 44.2 Å². The lowest BCUT2D eigenvalue weighted by atomic mass is 10.0. The number of aryl methyl sites for hydroxylation is 1. The molecule has 0 unspecified atom stereocenters. The lowest BCUT2D eigenvalue weighted by Crippen LogP contribution is -2.54. The van der Waals surface area contributed by atoms with Crippen LogP contribution in [0.4, 0.5) is 10.1 Å². The van der Waals surface area contributed by atoms with E-state index in [0.717, 1.165) is 9.87 Å². The first-order valence-electron chi connectivity index (χ1n) is 14.2. The molecule has 0 bridgehead atoms. The fraction of sp³-hybridized carbons (Fsp3) is 0.235. The topological polar surface area (TPSA) is 86.8 Å². The van der Waals surface area contributed by atoms with Crippen molar-refractivity contribution in [3.05, 3.63) is 131 Å². The number of hydrogen-bond donors (Lipinski definition) is 1. The first kappa shape index (κ1) is 32.7. The number of carbonyl (C=O) groups is 2. The van der Waals surface area contributed by atoms with Gasteiger partial charge < -0.3 is 10.2 Å². The van der Waals surface area contributed by atoms with Gasteiger partial charge in [-0.15, -0.1) is 0 Å². The van der Waals surface area contributed by atoms with Crippen LogP contribution < -0.4 is 9.62 Å². The highest BCUT2D eigenvalue weighted by Gasteiger charge is 2.35. The van der Waals surface area contributed by atoms with Gasteiger partial charge in [0.1, 0.15) is 18.4 Å². The van der Waals surface area contributed by atoms with Gasteiger partial charge in [0.2, 0.25) is 11.8 Å². The molecule has 0 aromatic heterocycles. The summed E-state index contributed by atoms with van der Waals surface area (Å²) in [5, 5.41) is 3.28. The summed E-state index contributed by atoms with van der Waals surface area (Å²) in [6.07, 6.45) is 0.181. The Balaban J connectivity index is 1.81. The third-order valence-corrected chi connectivity index (χ3v) is 9.06. The van der Waals surface area contributed by atoms with Crippen LogP contribution in [0.3, 0.4) is 0 Å². The summed E-state index contributed by atoms with van der Waals surface area (Å²) in [6, 6.07) is 26.3. The molecule has 4 aromatic carbocycles. The van der Waals surface area contributed by atoms with Gasteiger partial charge in [-0.05, 0) is 79.9 Å². The second kappa shape index (κ2) is 14.5. The van der Waals surface area contributed by atoms with Gasteiger partial charge in [0.15, 0.2) is 0 Å². The molecule has 0 fully saturated rings. The van der Waals surface area contributed by atoms with Crippen molar-refractivity contribution in [1.29, 1.82) is 0 Å². The predicted octanol–water partition coefficient (Wildman–Crippen LogP) is 6.15. The van der Waals surface area contributed by atoms with E-state index in [4.69, 9.17) is 11.6 Å². The maximum atomic E-state index is 14.4. The van der Waals surface area contributed by atoms with Crippen LogP contribution in [-0.4, -0.2) is 43.8 Å². The number of para-hydroxylation sites is 1. The van der Waals surface area contributed by atoms with Gasteiger partial charge >= 0.3 is 0 Å². The fourth-order valence-electron chi connectivity index (χ4n) is 4.81. The van der Waals surface area contributed by atoms with Gasteiger partial charge in [-0.3, -0.25) is 13.9 Å². The Kier molecular flexibility index (Phi) is 10.8. The SMILES string of the molecule is Cc1ccccc1N(CC(=O)N(Cc1ccc(F)cc1)[C@@H](Cc1ccccc1)C(=O)NC(C)C)S(=O)(=O)c1ccc(Cl)cc1. The summed E-state index contributed by atoms with van der Waals surface area (Å²) in [4.78, 5) is 29.4. The zero-order valence-corrected chi connectivity index (χ0v) is 26.4. The molecule has 1 atom stereocenters. The van der Waals surface area contributed by atoms with Crippen LogP contribution in [0.5, 0.6) is 0 Å². The molecule has 0 saturated heterocycles. The molecule has 0 radical (unpaired) electrons. The van der Waals surface area contributed by atoms with E-state index < -0.39 is 34.3 Å². The number of halogens is 2. The lowest BCUT2D eigenvalue weighted by Gasteiger charge is -2.34. The molecular weight excluding hydrogens is 601 g/mol. The zero-order chi connectivity index (χ0) is 31.9. The molecule has 0 spiro atoms. The number of nitrogens with one attached hydrogen (secondary N) is 1. The third kappa shape index (κ3) is 8.24. The fourth-order valence-corrected chi connectivity index (χ4v) is 6.42. The Labute approximate surface area is 263 Å². The van der Waals surface area contributed by atoms with Crippen molar-refractivity contribution in [2.24, 2.45) is 0 Å². The van der Waals surface area contributed by atoms with E-state index in [1.54, 1.807) is 43.3 Å². The molecule has 0 aliphatic heterocycles. The molecule has 0 aliphatic rings. The number of nitrogens with zero attached hydrogens (tertiary/aromatic N) is 2. The van der Waals surface area contributed by atoms with Crippen molar-refractivity contribution in [3.8, 4) is 0 Å². The van der Waals surface area contributed by atoms with Gasteiger partial charge in [0.25, 0.3) is 10.0 Å². The molecule has 0 saturated carbocycles. The second-order valence-electron chi connectivity index (χ2n) is 10.8. The van der Waals surface area contributed by atoms with Crippen molar-refractivity contribution in [1.82, 2.24) is 10.2 Å². The molecule has 7 nitrogen and oxygen atoms in total. The minimum Gasteiger partial charge on any atom is -0.352 e. The number of anilines is 1. The normalized spacial score (nSPS) is 12.0. The number of carbonyl (C=O) groups excluding carboxylic acids is 2. The van der Waals surface area contributed by atoms with E-state index >= 15 is 0 Å². The molecule has 44 heavy (non-hydrogen) atoms. The highest BCUT2D eigenvalue weighted by Crippen LogP contribution is 2.28. The van der Waals surface area contributed by atoms with Crippen LogP contribution in [-0.2, 0) is 32.6 Å². The molecule has 0 heterocycles. The minimum atomic E-state index is -4.25. The minimum absolute atomic E-state index is 0.0403. The molecule has 4 rings (SSSR count). The highest BCUT2D eigenvalue weighted by molar-refractivity contribution is 7.92. The first-order valence-corrected chi connectivity index (χ1v) is 16.0. The van der Waals surface area contributed by atoms with Crippen LogP contribution in [0.1, 0.15) is 30.5 Å². The van der Waals surface area contributed by atoms with Gasteiger partial charge in [-0.1, -0.05) is 72.3 Å². The highest BCUT2D eigenvalue weighted by atomic mass is 35.5. The Morgan fingerprint density at radius 2 is 1.45 bits per heavy atom. The maximum absolute atomic E-state index is 14.4. The van der Waals surface area contributed by atoms with Crippen LogP contribution in [0.15, 0.2) is 108 Å². The Hall–Kier alpha value is -4.21. The van der Waals surface area contributed by atoms with Crippen molar-refractivity contribution in [2.45, 2.75) is 50.7 Å². The zero-order valence-electron chi connectivity index (χ0n) is 24.8. The summed E-state index contributed by atoms with van der Waals surface area (Å²) in [7, 11) is -4.25. The van der Waals surface area contributed by atoms with Crippen molar-refractivity contribution in [3.63, 3.8) is 0 Å². The summed E-state index contributed by atoms with van der Waals surface area (Å²) in [5.41, 5.74) is 2.36. The Morgan fingerprint density at radius 1 is 0.841 bits per heavy atom. The molecular formula is C34H35ClFN3O4S. The maximum Gasteiger partial charge on any atom is 0.264 e. The summed E-state index contributed by atoms with van der Waals surface area (Å²) >= 11 is 6.03. The van der Waals surface area contributed by atoms with Crippen molar-refractivity contribution < 1.29 is 22.4 Å². The number of amides is 2. The average Bonchev–Trinajstić information content (AvgIpc) is 2.99. The summed E-state index contributed by atoms with van der Waals surface area (Å²) < 4.78 is 43.0. The number of hydrogen-bond acceptors (Lipinski definition) is 4. The second-order valence-corrected chi connectivity index (χ2v) is 13.1. The summed E-state index contributed by atoms with van der Waals surface area (Å²) in [6.45, 7) is 4.77. The largest absolute Gasteiger partial charge is 0.352 e. The number of rotatable bonds is 12. The van der Waals surface area contributed by atoms with Gasteiger partial charge in [0, 0.05) is 24.0 Å². The molecule has 4 aromatic rings. The average molecular weight is 636 g/mol. The molecule has 10 heteroatoms. The Morgan fingerprint density at radius 3 is 2.07 bits per heavy atom. The number of benzene rings is 4. The quantitative estimate of drug-likeness (QED) is 0.202. The van der Waals surface area contributed by atoms with Gasteiger partial charge in [-0.25, -0.2) is 12.8 Å². The molecule has 230 valence electrons. The van der Waals surface area contributed by atoms with Gasteiger partial charge in [-0.2, -0.15) is 0 Å². The first-order chi connectivity index (χ1) is 21.0.